The van der Waals surface area contributed by atoms with E-state index >= 15 is 0 Å². The van der Waals surface area contributed by atoms with Crippen LogP contribution >= 0.6 is 0 Å². The van der Waals surface area contributed by atoms with E-state index in [0.717, 1.165) is 43.1 Å². The lowest BCUT2D eigenvalue weighted by atomic mass is 10.1. The molecular weight excluding hydrogens is 396 g/mol. The van der Waals surface area contributed by atoms with Gasteiger partial charge in [-0.3, -0.25) is 0 Å². The maximum absolute atomic E-state index is 5.89. The summed E-state index contributed by atoms with van der Waals surface area (Å²) in [5.74, 6) is 2.37. The van der Waals surface area contributed by atoms with Gasteiger partial charge in [-0.2, -0.15) is 0 Å². The van der Waals surface area contributed by atoms with E-state index in [4.69, 9.17) is 9.47 Å². The number of hydrogen-bond acceptors (Lipinski definition) is 4. The topological polar surface area (TPSA) is 44.2 Å². The lowest BCUT2D eigenvalue weighted by Gasteiger charge is -2.08. The molecule has 1 heterocycles. The fraction of sp³-hybridized carbons (Fsp3) is 0.643. The highest BCUT2D eigenvalue weighted by molar-refractivity contribution is 5.56. The van der Waals surface area contributed by atoms with Crippen LogP contribution in [0, 0.1) is 0 Å². The lowest BCUT2D eigenvalue weighted by Crippen LogP contribution is -1.99. The SMILES string of the molecule is CCCCCCCCCCOc1ccc(-c2ncc(OCCCCCCCC)cn2)cc1. The smallest absolute Gasteiger partial charge is 0.159 e. The predicted octanol–water partition coefficient (Wildman–Crippen LogP) is 8.40. The third kappa shape index (κ3) is 11.5. The molecule has 0 saturated heterocycles. The summed E-state index contributed by atoms with van der Waals surface area (Å²) in [6.07, 6.45) is 21.6. The van der Waals surface area contributed by atoms with Crippen LogP contribution < -0.4 is 9.47 Å². The second-order valence-corrected chi connectivity index (χ2v) is 8.71. The van der Waals surface area contributed by atoms with Crippen molar-refractivity contribution in [2.45, 2.75) is 104 Å². The van der Waals surface area contributed by atoms with Crippen molar-refractivity contribution in [1.29, 1.82) is 0 Å². The van der Waals surface area contributed by atoms with Crippen LogP contribution in [0.5, 0.6) is 11.5 Å². The van der Waals surface area contributed by atoms with Crippen LogP contribution in [0.4, 0.5) is 0 Å². The summed E-state index contributed by atoms with van der Waals surface area (Å²) >= 11 is 0. The Morgan fingerprint density at radius 3 is 1.47 bits per heavy atom. The van der Waals surface area contributed by atoms with E-state index in [2.05, 4.69) is 23.8 Å². The Hall–Kier alpha value is -2.10. The zero-order chi connectivity index (χ0) is 22.7. The zero-order valence-corrected chi connectivity index (χ0v) is 20.5. The van der Waals surface area contributed by atoms with Gasteiger partial charge in [0.05, 0.1) is 25.6 Å². The molecule has 0 aliphatic carbocycles. The molecule has 0 aliphatic heterocycles. The fourth-order valence-corrected chi connectivity index (χ4v) is 3.74. The lowest BCUT2D eigenvalue weighted by molar-refractivity contribution is 0.302. The van der Waals surface area contributed by atoms with Gasteiger partial charge in [0.2, 0.25) is 0 Å². The first-order valence-electron chi connectivity index (χ1n) is 13.0. The molecule has 1 aromatic carbocycles. The molecule has 2 aromatic rings. The summed E-state index contributed by atoms with van der Waals surface area (Å²) in [6.45, 7) is 6.03. The summed E-state index contributed by atoms with van der Waals surface area (Å²) in [7, 11) is 0. The molecule has 178 valence electrons. The van der Waals surface area contributed by atoms with E-state index in [0.29, 0.717) is 5.82 Å². The van der Waals surface area contributed by atoms with Gasteiger partial charge in [0.15, 0.2) is 11.6 Å². The van der Waals surface area contributed by atoms with Gasteiger partial charge in [-0.05, 0) is 37.1 Å². The Bertz CT molecular complexity index is 686. The largest absolute Gasteiger partial charge is 0.494 e. The highest BCUT2D eigenvalue weighted by Gasteiger charge is 2.03. The third-order valence-corrected chi connectivity index (χ3v) is 5.77. The molecular formula is C28H44N2O2. The van der Waals surface area contributed by atoms with Gasteiger partial charge in [-0.1, -0.05) is 90.9 Å². The van der Waals surface area contributed by atoms with Gasteiger partial charge in [0.1, 0.15) is 5.75 Å². The van der Waals surface area contributed by atoms with Crippen molar-refractivity contribution in [3.8, 4) is 22.9 Å². The second-order valence-electron chi connectivity index (χ2n) is 8.71. The van der Waals surface area contributed by atoms with Gasteiger partial charge in [-0.15, -0.1) is 0 Å². The number of aromatic nitrogens is 2. The van der Waals surface area contributed by atoms with E-state index in [9.17, 15) is 0 Å². The molecule has 0 atom stereocenters. The van der Waals surface area contributed by atoms with Gasteiger partial charge in [-0.25, -0.2) is 9.97 Å². The molecule has 0 N–H and O–H groups in total. The van der Waals surface area contributed by atoms with E-state index in [1.54, 1.807) is 12.4 Å². The summed E-state index contributed by atoms with van der Waals surface area (Å²) in [5, 5.41) is 0. The zero-order valence-electron chi connectivity index (χ0n) is 20.5. The first-order chi connectivity index (χ1) is 15.8. The van der Waals surface area contributed by atoms with Gasteiger partial charge in [0.25, 0.3) is 0 Å². The number of ether oxygens (including phenoxy) is 2. The van der Waals surface area contributed by atoms with Crippen LogP contribution in [0.1, 0.15) is 104 Å². The van der Waals surface area contributed by atoms with Crippen LogP contribution in [0.2, 0.25) is 0 Å². The van der Waals surface area contributed by atoms with E-state index in [-0.39, 0.29) is 0 Å². The molecule has 4 nitrogen and oxygen atoms in total. The molecule has 0 unspecified atom stereocenters. The third-order valence-electron chi connectivity index (χ3n) is 5.77. The minimum absolute atomic E-state index is 0.714. The fourth-order valence-electron chi connectivity index (χ4n) is 3.74. The first-order valence-corrected chi connectivity index (χ1v) is 13.0. The average molecular weight is 441 g/mol. The molecule has 32 heavy (non-hydrogen) atoms. The first kappa shape index (κ1) is 26.2. The van der Waals surface area contributed by atoms with E-state index in [1.807, 2.05) is 24.3 Å². The normalized spacial score (nSPS) is 10.9. The van der Waals surface area contributed by atoms with Crippen LogP contribution in [0.15, 0.2) is 36.7 Å². The van der Waals surface area contributed by atoms with Crippen molar-refractivity contribution >= 4 is 0 Å². The summed E-state index contributed by atoms with van der Waals surface area (Å²) < 4.78 is 11.7. The van der Waals surface area contributed by atoms with Crippen LogP contribution in [-0.4, -0.2) is 23.2 Å². The molecule has 0 amide bonds. The monoisotopic (exact) mass is 440 g/mol. The van der Waals surface area contributed by atoms with Crippen molar-refractivity contribution in [2.75, 3.05) is 13.2 Å². The summed E-state index contributed by atoms with van der Waals surface area (Å²) in [5.41, 5.74) is 0.993. The molecule has 4 heteroatoms. The summed E-state index contributed by atoms with van der Waals surface area (Å²) in [6, 6.07) is 8.06. The second kappa shape index (κ2) is 17.5. The standard InChI is InChI=1S/C28H44N2O2/c1-3-5-7-9-11-12-14-15-21-31-26-19-17-25(18-20-26)28-29-23-27(24-30-28)32-22-16-13-10-8-6-4-2/h17-20,23-24H,3-16,21-22H2,1-2H3. The van der Waals surface area contributed by atoms with Gasteiger partial charge >= 0.3 is 0 Å². The van der Waals surface area contributed by atoms with Crippen LogP contribution in [-0.2, 0) is 0 Å². The minimum atomic E-state index is 0.714. The van der Waals surface area contributed by atoms with E-state index < -0.39 is 0 Å². The van der Waals surface area contributed by atoms with Gasteiger partial charge < -0.3 is 9.47 Å². The molecule has 1 aromatic heterocycles. The Labute approximate surface area is 196 Å². The predicted molar refractivity (Wildman–Crippen MR) is 134 cm³/mol. The van der Waals surface area contributed by atoms with Crippen LogP contribution in [0.3, 0.4) is 0 Å². The number of unbranched alkanes of at least 4 members (excludes halogenated alkanes) is 12. The molecule has 2 rings (SSSR count). The highest BCUT2D eigenvalue weighted by atomic mass is 16.5. The van der Waals surface area contributed by atoms with Crippen molar-refractivity contribution in [1.82, 2.24) is 9.97 Å². The molecule has 0 spiro atoms. The number of hydrogen-bond donors (Lipinski definition) is 0. The molecule has 0 aliphatic rings. The number of nitrogens with zero attached hydrogens (tertiary/aromatic N) is 2. The van der Waals surface area contributed by atoms with Crippen LogP contribution in [0.25, 0.3) is 11.4 Å². The Balaban J connectivity index is 1.60. The Morgan fingerprint density at radius 2 is 0.969 bits per heavy atom. The maximum atomic E-state index is 5.89. The van der Waals surface area contributed by atoms with Crippen molar-refractivity contribution < 1.29 is 9.47 Å². The Kier molecular flexibility index (Phi) is 14.3. The molecule has 0 fully saturated rings. The van der Waals surface area contributed by atoms with Gasteiger partial charge in [0, 0.05) is 5.56 Å². The van der Waals surface area contributed by atoms with E-state index in [1.165, 1.54) is 77.0 Å². The average Bonchev–Trinajstić information content (AvgIpc) is 2.83. The van der Waals surface area contributed by atoms with Crippen molar-refractivity contribution in [2.24, 2.45) is 0 Å². The van der Waals surface area contributed by atoms with Crippen molar-refractivity contribution in [3.63, 3.8) is 0 Å². The number of rotatable bonds is 19. The molecule has 0 radical (unpaired) electrons. The Morgan fingerprint density at radius 1 is 0.531 bits per heavy atom. The molecule has 0 saturated carbocycles. The maximum Gasteiger partial charge on any atom is 0.159 e. The van der Waals surface area contributed by atoms with Crippen molar-refractivity contribution in [3.05, 3.63) is 36.7 Å². The number of benzene rings is 1. The molecule has 0 bridgehead atoms. The quantitative estimate of drug-likeness (QED) is 0.206. The summed E-state index contributed by atoms with van der Waals surface area (Å²) in [4.78, 5) is 8.93. The minimum Gasteiger partial charge on any atom is -0.494 e. The highest BCUT2D eigenvalue weighted by Crippen LogP contribution is 2.21.